The number of aromatic nitrogens is 1. The first kappa shape index (κ1) is 13.1. The maximum atomic E-state index is 13.1. The molecule has 7 heteroatoms. The van der Waals surface area contributed by atoms with Crippen molar-refractivity contribution in [2.75, 3.05) is 0 Å². The van der Waals surface area contributed by atoms with Gasteiger partial charge >= 0.3 is 5.97 Å². The largest absolute Gasteiger partial charge is 0.475 e. The Labute approximate surface area is 105 Å². The summed E-state index contributed by atoms with van der Waals surface area (Å²) in [7, 11) is 0. The second-order valence-corrected chi connectivity index (χ2v) is 3.80. The van der Waals surface area contributed by atoms with E-state index >= 15 is 0 Å². The minimum absolute atomic E-state index is 0.230. The molecule has 0 saturated heterocycles. The van der Waals surface area contributed by atoms with E-state index in [4.69, 9.17) is 9.52 Å². The van der Waals surface area contributed by atoms with Gasteiger partial charge in [0.15, 0.2) is 5.69 Å². The average Bonchev–Trinajstić information content (AvgIpc) is 2.78. The molecule has 19 heavy (non-hydrogen) atoms. The van der Waals surface area contributed by atoms with Crippen LogP contribution in [0.15, 0.2) is 22.6 Å². The van der Waals surface area contributed by atoms with Crippen molar-refractivity contribution in [2.24, 2.45) is 0 Å². The molecule has 0 bridgehead atoms. The highest BCUT2D eigenvalue weighted by Crippen LogP contribution is 2.29. The van der Waals surface area contributed by atoms with E-state index in [1.165, 1.54) is 19.1 Å². The van der Waals surface area contributed by atoms with E-state index in [-0.39, 0.29) is 17.0 Å². The van der Waals surface area contributed by atoms with Crippen LogP contribution in [-0.4, -0.2) is 16.1 Å². The molecule has 0 spiro atoms. The van der Waals surface area contributed by atoms with Gasteiger partial charge in [0.05, 0.1) is 0 Å². The summed E-state index contributed by atoms with van der Waals surface area (Å²) in [5.41, 5.74) is -0.441. The number of halogens is 3. The first-order valence-electron chi connectivity index (χ1n) is 5.19. The molecule has 0 saturated carbocycles. The minimum Gasteiger partial charge on any atom is -0.475 e. The molecule has 1 aromatic heterocycles. The molecule has 0 unspecified atom stereocenters. The van der Waals surface area contributed by atoms with Gasteiger partial charge in [-0.3, -0.25) is 0 Å². The SMILES string of the molecule is Cc1cc(-c2nc(C(F)F)c(C(=O)O)o2)ccc1F. The van der Waals surface area contributed by atoms with Crippen LogP contribution in [0.2, 0.25) is 0 Å². The van der Waals surface area contributed by atoms with E-state index in [2.05, 4.69) is 4.98 Å². The lowest BCUT2D eigenvalue weighted by Gasteiger charge is -1.98. The van der Waals surface area contributed by atoms with Crippen molar-refractivity contribution in [1.29, 1.82) is 0 Å². The zero-order valence-electron chi connectivity index (χ0n) is 9.65. The molecule has 0 atom stereocenters. The molecule has 0 aliphatic heterocycles. The first-order chi connectivity index (χ1) is 8.90. The lowest BCUT2D eigenvalue weighted by molar-refractivity contribution is 0.0647. The Kier molecular flexibility index (Phi) is 3.28. The molecule has 0 amide bonds. The minimum atomic E-state index is -3.06. The molecule has 0 radical (unpaired) electrons. The normalized spacial score (nSPS) is 11.0. The molecule has 1 aromatic carbocycles. The standard InChI is InChI=1S/C12H8F3NO3/c1-5-4-6(2-3-7(5)13)11-16-8(10(14)15)9(19-11)12(17)18/h2-4,10H,1H3,(H,17,18). The second kappa shape index (κ2) is 4.75. The fourth-order valence-electron chi connectivity index (χ4n) is 1.53. The third kappa shape index (κ3) is 2.44. The summed E-state index contributed by atoms with van der Waals surface area (Å²) >= 11 is 0. The number of alkyl halides is 2. The third-order valence-corrected chi connectivity index (χ3v) is 2.46. The number of benzene rings is 1. The maximum absolute atomic E-state index is 13.1. The van der Waals surface area contributed by atoms with Crippen molar-refractivity contribution in [3.63, 3.8) is 0 Å². The van der Waals surface area contributed by atoms with E-state index in [1.54, 1.807) is 0 Å². The fourth-order valence-corrected chi connectivity index (χ4v) is 1.53. The van der Waals surface area contributed by atoms with E-state index in [9.17, 15) is 18.0 Å². The number of nitrogens with zero attached hydrogens (tertiary/aromatic N) is 1. The Morgan fingerprint density at radius 2 is 2.11 bits per heavy atom. The van der Waals surface area contributed by atoms with E-state index in [0.29, 0.717) is 0 Å². The summed E-state index contributed by atoms with van der Waals surface area (Å²) in [6, 6.07) is 3.73. The van der Waals surface area contributed by atoms with Gasteiger partial charge in [0.25, 0.3) is 6.43 Å². The molecule has 100 valence electrons. The van der Waals surface area contributed by atoms with E-state index < -0.39 is 29.7 Å². The van der Waals surface area contributed by atoms with E-state index in [1.807, 2.05) is 0 Å². The van der Waals surface area contributed by atoms with Gasteiger partial charge in [0.2, 0.25) is 11.7 Å². The number of carboxylic acid groups (broad SMARTS) is 1. The van der Waals surface area contributed by atoms with E-state index in [0.717, 1.165) is 6.07 Å². The summed E-state index contributed by atoms with van der Waals surface area (Å²) in [5, 5.41) is 8.75. The average molecular weight is 271 g/mol. The Bertz CT molecular complexity index is 637. The van der Waals surface area contributed by atoms with Crippen LogP contribution in [-0.2, 0) is 0 Å². The number of hydrogen-bond acceptors (Lipinski definition) is 3. The molecular formula is C12H8F3NO3. The summed E-state index contributed by atoms with van der Waals surface area (Å²) in [6.07, 6.45) is -3.06. The van der Waals surface area contributed by atoms with Crippen LogP contribution in [0, 0.1) is 12.7 Å². The first-order valence-corrected chi connectivity index (χ1v) is 5.19. The van der Waals surface area contributed by atoms with Gasteiger partial charge in [0.1, 0.15) is 5.82 Å². The smallest absolute Gasteiger partial charge is 0.374 e. The summed E-state index contributed by atoms with van der Waals surface area (Å²) in [4.78, 5) is 14.2. The van der Waals surface area contributed by atoms with Crippen LogP contribution in [0.4, 0.5) is 13.2 Å². The Hall–Kier alpha value is -2.31. The summed E-state index contributed by atoms with van der Waals surface area (Å²) < 4.78 is 43.1. The maximum Gasteiger partial charge on any atom is 0.374 e. The number of carboxylic acids is 1. The Morgan fingerprint density at radius 1 is 1.42 bits per heavy atom. The number of hydrogen-bond donors (Lipinski definition) is 1. The van der Waals surface area contributed by atoms with Crippen LogP contribution in [0.3, 0.4) is 0 Å². The molecule has 1 N–H and O–H groups in total. The second-order valence-electron chi connectivity index (χ2n) is 3.80. The number of rotatable bonds is 3. The zero-order valence-corrected chi connectivity index (χ0v) is 9.65. The van der Waals surface area contributed by atoms with Gasteiger partial charge < -0.3 is 9.52 Å². The number of aromatic carboxylic acids is 1. The predicted octanol–water partition coefficient (Wildman–Crippen LogP) is 3.42. The summed E-state index contributed by atoms with van der Waals surface area (Å²) in [5.74, 6) is -3.29. The fraction of sp³-hybridized carbons (Fsp3) is 0.167. The zero-order chi connectivity index (χ0) is 14.2. The molecular weight excluding hydrogens is 263 g/mol. The highest BCUT2D eigenvalue weighted by Gasteiger charge is 2.26. The third-order valence-electron chi connectivity index (χ3n) is 2.46. The number of oxazole rings is 1. The van der Waals surface area contributed by atoms with Crippen molar-refractivity contribution in [2.45, 2.75) is 13.3 Å². The number of carbonyl (C=O) groups is 1. The van der Waals surface area contributed by atoms with Crippen molar-refractivity contribution in [3.8, 4) is 11.5 Å². The van der Waals surface area contributed by atoms with Gasteiger partial charge in [0, 0.05) is 5.56 Å². The highest BCUT2D eigenvalue weighted by atomic mass is 19.3. The Morgan fingerprint density at radius 3 is 2.58 bits per heavy atom. The van der Waals surface area contributed by atoms with Crippen molar-refractivity contribution in [1.82, 2.24) is 4.98 Å². The lowest BCUT2D eigenvalue weighted by atomic mass is 10.1. The van der Waals surface area contributed by atoms with Crippen molar-refractivity contribution < 1.29 is 27.5 Å². The van der Waals surface area contributed by atoms with Crippen LogP contribution in [0.5, 0.6) is 0 Å². The van der Waals surface area contributed by atoms with Crippen LogP contribution in [0.25, 0.3) is 11.5 Å². The Balaban J connectivity index is 2.54. The molecule has 2 aromatic rings. The predicted molar refractivity (Wildman–Crippen MR) is 58.6 cm³/mol. The topological polar surface area (TPSA) is 63.3 Å². The lowest BCUT2D eigenvalue weighted by Crippen LogP contribution is -1.99. The van der Waals surface area contributed by atoms with Crippen molar-refractivity contribution >= 4 is 5.97 Å². The van der Waals surface area contributed by atoms with Gasteiger partial charge in [-0.1, -0.05) is 0 Å². The van der Waals surface area contributed by atoms with Gasteiger partial charge in [-0.05, 0) is 30.7 Å². The highest BCUT2D eigenvalue weighted by molar-refractivity contribution is 5.86. The van der Waals surface area contributed by atoms with Gasteiger partial charge in [-0.15, -0.1) is 0 Å². The van der Waals surface area contributed by atoms with Crippen molar-refractivity contribution in [3.05, 3.63) is 41.0 Å². The van der Waals surface area contributed by atoms with Gasteiger partial charge in [-0.25, -0.2) is 22.9 Å². The molecule has 4 nitrogen and oxygen atoms in total. The number of aryl methyl sites for hydroxylation is 1. The molecule has 0 aliphatic rings. The van der Waals surface area contributed by atoms with Crippen LogP contribution >= 0.6 is 0 Å². The van der Waals surface area contributed by atoms with Gasteiger partial charge in [-0.2, -0.15) is 0 Å². The molecule has 0 aliphatic carbocycles. The quantitative estimate of drug-likeness (QED) is 0.928. The molecule has 0 fully saturated rings. The summed E-state index contributed by atoms with van der Waals surface area (Å²) in [6.45, 7) is 1.48. The van der Waals surface area contributed by atoms with Crippen LogP contribution in [0.1, 0.15) is 28.2 Å². The molecule has 1 heterocycles. The molecule has 2 rings (SSSR count). The monoisotopic (exact) mass is 271 g/mol. The van der Waals surface area contributed by atoms with Crippen LogP contribution < -0.4 is 0 Å².